The summed E-state index contributed by atoms with van der Waals surface area (Å²) < 4.78 is 5.90. The van der Waals surface area contributed by atoms with Gasteiger partial charge in [-0.15, -0.1) is 0 Å². The summed E-state index contributed by atoms with van der Waals surface area (Å²) in [6, 6.07) is 9.57. The zero-order chi connectivity index (χ0) is 13.1. The van der Waals surface area contributed by atoms with Gasteiger partial charge >= 0.3 is 0 Å². The van der Waals surface area contributed by atoms with Crippen LogP contribution in [0.4, 0.5) is 0 Å². The molecule has 2 atom stereocenters. The van der Waals surface area contributed by atoms with Gasteiger partial charge in [0, 0.05) is 6.61 Å². The molecule has 1 N–H and O–H groups in total. The first-order valence-corrected chi connectivity index (χ1v) is 7.83. The van der Waals surface area contributed by atoms with Crippen LogP contribution in [0.2, 0.25) is 0 Å². The van der Waals surface area contributed by atoms with Gasteiger partial charge < -0.3 is 10.1 Å². The second-order valence-corrected chi connectivity index (χ2v) is 5.88. The van der Waals surface area contributed by atoms with Crippen LogP contribution in [-0.2, 0) is 4.74 Å². The normalized spacial score (nSPS) is 25.2. The minimum absolute atomic E-state index is 0.358. The zero-order valence-electron chi connectivity index (χ0n) is 11.9. The number of rotatable bonds is 5. The molecule has 1 aliphatic heterocycles. The molecule has 1 heterocycles. The van der Waals surface area contributed by atoms with Crippen LogP contribution in [0.15, 0.2) is 24.3 Å². The van der Waals surface area contributed by atoms with E-state index in [0.29, 0.717) is 12.1 Å². The molecule has 1 saturated carbocycles. The Hall–Kier alpha value is -0.860. The molecule has 0 aromatic heterocycles. The fourth-order valence-corrected chi connectivity index (χ4v) is 3.30. The molecule has 2 aliphatic rings. The number of hydrogen-bond donors (Lipinski definition) is 1. The van der Waals surface area contributed by atoms with Crippen molar-refractivity contribution in [2.75, 3.05) is 13.2 Å². The molecule has 2 unspecified atom stereocenters. The monoisotopic (exact) mass is 259 g/mol. The fraction of sp³-hybridized carbons (Fsp3) is 0.647. The van der Waals surface area contributed by atoms with Crippen LogP contribution in [0.25, 0.3) is 0 Å². The number of hydrogen-bond acceptors (Lipinski definition) is 2. The standard InChI is InChI=1S/C17H25NO/c1-2-18-17(16-10-5-11-19-16)15-9-4-8-14(12-15)13-6-3-7-13/h4,8-9,12-13,16-18H,2-3,5-7,10-11H2,1H3. The summed E-state index contributed by atoms with van der Waals surface area (Å²) in [5, 5.41) is 3.62. The van der Waals surface area contributed by atoms with E-state index in [1.54, 1.807) is 0 Å². The molecule has 2 nitrogen and oxygen atoms in total. The Morgan fingerprint density at radius 1 is 1.26 bits per heavy atom. The molecule has 2 fully saturated rings. The first kappa shape index (κ1) is 13.1. The van der Waals surface area contributed by atoms with E-state index in [4.69, 9.17) is 4.74 Å². The van der Waals surface area contributed by atoms with E-state index < -0.39 is 0 Å². The number of benzene rings is 1. The highest BCUT2D eigenvalue weighted by Crippen LogP contribution is 2.37. The molecule has 0 radical (unpaired) electrons. The van der Waals surface area contributed by atoms with Crippen molar-refractivity contribution in [1.82, 2.24) is 5.32 Å². The minimum Gasteiger partial charge on any atom is -0.376 e. The summed E-state index contributed by atoms with van der Waals surface area (Å²) in [4.78, 5) is 0. The Kier molecular flexibility index (Phi) is 4.19. The number of ether oxygens (including phenoxy) is 1. The maximum absolute atomic E-state index is 5.90. The van der Waals surface area contributed by atoms with E-state index in [-0.39, 0.29) is 0 Å². The van der Waals surface area contributed by atoms with Crippen LogP contribution < -0.4 is 5.32 Å². The third-order valence-electron chi connectivity index (χ3n) is 4.61. The highest BCUT2D eigenvalue weighted by Gasteiger charge is 2.27. The van der Waals surface area contributed by atoms with Crippen LogP contribution >= 0.6 is 0 Å². The van der Waals surface area contributed by atoms with Crippen LogP contribution in [0.3, 0.4) is 0 Å². The highest BCUT2D eigenvalue weighted by molar-refractivity contribution is 5.30. The van der Waals surface area contributed by atoms with Crippen LogP contribution in [-0.4, -0.2) is 19.3 Å². The number of likely N-dealkylation sites (N-methyl/N-ethyl adjacent to an activating group) is 1. The van der Waals surface area contributed by atoms with Crippen molar-refractivity contribution in [1.29, 1.82) is 0 Å². The molecule has 1 aliphatic carbocycles. The summed E-state index contributed by atoms with van der Waals surface area (Å²) in [6.45, 7) is 4.10. The van der Waals surface area contributed by atoms with Gasteiger partial charge in [-0.1, -0.05) is 37.6 Å². The molecule has 2 heteroatoms. The minimum atomic E-state index is 0.358. The summed E-state index contributed by atoms with van der Waals surface area (Å²) in [5.41, 5.74) is 2.95. The Labute approximate surface area is 116 Å². The first-order chi connectivity index (χ1) is 9.38. The molecule has 1 aromatic carbocycles. The van der Waals surface area contributed by atoms with Gasteiger partial charge in [-0.3, -0.25) is 0 Å². The summed E-state index contributed by atoms with van der Waals surface area (Å²) in [7, 11) is 0. The fourth-order valence-electron chi connectivity index (χ4n) is 3.30. The second kappa shape index (κ2) is 6.06. The lowest BCUT2D eigenvalue weighted by Crippen LogP contribution is -2.31. The van der Waals surface area contributed by atoms with Crippen LogP contribution in [0.5, 0.6) is 0 Å². The molecule has 1 saturated heterocycles. The Bertz CT molecular complexity index is 407. The van der Waals surface area contributed by atoms with Crippen molar-refractivity contribution in [3.05, 3.63) is 35.4 Å². The van der Waals surface area contributed by atoms with E-state index in [9.17, 15) is 0 Å². The summed E-state index contributed by atoms with van der Waals surface area (Å²) >= 11 is 0. The predicted octanol–water partition coefficient (Wildman–Crippen LogP) is 3.78. The molecule has 19 heavy (non-hydrogen) atoms. The van der Waals surface area contributed by atoms with Gasteiger partial charge in [0.25, 0.3) is 0 Å². The average molecular weight is 259 g/mol. The second-order valence-electron chi connectivity index (χ2n) is 5.88. The molecular formula is C17H25NO. The van der Waals surface area contributed by atoms with Gasteiger partial charge in [0.15, 0.2) is 0 Å². The topological polar surface area (TPSA) is 21.3 Å². The lowest BCUT2D eigenvalue weighted by Gasteiger charge is -2.28. The maximum atomic E-state index is 5.90. The number of nitrogens with one attached hydrogen (secondary N) is 1. The summed E-state index contributed by atoms with van der Waals surface area (Å²) in [5.74, 6) is 0.812. The van der Waals surface area contributed by atoms with Crippen LogP contribution in [0.1, 0.15) is 62.1 Å². The molecule has 0 amide bonds. The molecule has 0 spiro atoms. The SMILES string of the molecule is CCNC(c1cccc(C2CCC2)c1)C1CCCO1. The van der Waals surface area contributed by atoms with Crippen molar-refractivity contribution in [3.63, 3.8) is 0 Å². The summed E-state index contributed by atoms with van der Waals surface area (Å²) in [6.07, 6.45) is 6.89. The van der Waals surface area contributed by atoms with Gasteiger partial charge in [-0.25, -0.2) is 0 Å². The zero-order valence-corrected chi connectivity index (χ0v) is 11.9. The Morgan fingerprint density at radius 3 is 2.79 bits per heavy atom. The lowest BCUT2D eigenvalue weighted by atomic mass is 9.79. The molecule has 1 aromatic rings. The van der Waals surface area contributed by atoms with Crippen molar-refractivity contribution < 1.29 is 4.74 Å². The maximum Gasteiger partial charge on any atom is 0.0770 e. The van der Waals surface area contributed by atoms with E-state index in [2.05, 4.69) is 36.5 Å². The average Bonchev–Trinajstić information content (AvgIpc) is 2.88. The molecule has 0 bridgehead atoms. The van der Waals surface area contributed by atoms with Crippen molar-refractivity contribution >= 4 is 0 Å². The van der Waals surface area contributed by atoms with Gasteiger partial charge in [0.2, 0.25) is 0 Å². The van der Waals surface area contributed by atoms with Crippen LogP contribution in [0, 0.1) is 0 Å². The van der Waals surface area contributed by atoms with Crippen molar-refractivity contribution in [3.8, 4) is 0 Å². The third-order valence-corrected chi connectivity index (χ3v) is 4.61. The molecule has 104 valence electrons. The van der Waals surface area contributed by atoms with E-state index >= 15 is 0 Å². The van der Waals surface area contributed by atoms with E-state index in [1.807, 2.05) is 0 Å². The third kappa shape index (κ3) is 2.85. The lowest BCUT2D eigenvalue weighted by molar-refractivity contribution is 0.0788. The van der Waals surface area contributed by atoms with Gasteiger partial charge in [-0.05, 0) is 49.3 Å². The van der Waals surface area contributed by atoms with Gasteiger partial charge in [-0.2, -0.15) is 0 Å². The Morgan fingerprint density at radius 2 is 2.16 bits per heavy atom. The highest BCUT2D eigenvalue weighted by atomic mass is 16.5. The van der Waals surface area contributed by atoms with E-state index in [1.165, 1.54) is 43.2 Å². The Balaban J connectivity index is 1.80. The molecule has 3 rings (SSSR count). The van der Waals surface area contributed by atoms with Gasteiger partial charge in [0.05, 0.1) is 12.1 Å². The molecular weight excluding hydrogens is 234 g/mol. The van der Waals surface area contributed by atoms with Gasteiger partial charge in [0.1, 0.15) is 0 Å². The van der Waals surface area contributed by atoms with E-state index in [0.717, 1.165) is 19.1 Å². The van der Waals surface area contributed by atoms with Crippen molar-refractivity contribution in [2.45, 2.75) is 57.1 Å². The van der Waals surface area contributed by atoms with Crippen molar-refractivity contribution in [2.24, 2.45) is 0 Å². The quantitative estimate of drug-likeness (QED) is 0.869. The first-order valence-electron chi connectivity index (χ1n) is 7.83. The smallest absolute Gasteiger partial charge is 0.0770 e. The largest absolute Gasteiger partial charge is 0.376 e. The predicted molar refractivity (Wildman–Crippen MR) is 78.4 cm³/mol.